The maximum atomic E-state index is 12.5. The highest BCUT2D eigenvalue weighted by Crippen LogP contribution is 2.12. The SMILES string of the molecule is CC/C=C\C/C=C\C/C=C\C/C=C\CCCCCCCCCOCC(COC(=O)CCCCCCC/C=C\CCCCCC)OC(=O)CCCCCCC. The fraction of sp³-hybridized carbons (Fsp3) is 0.755. The molecule has 0 aromatic heterocycles. The number of hydrogen-bond acceptors (Lipinski definition) is 5. The summed E-state index contributed by atoms with van der Waals surface area (Å²) in [7, 11) is 0. The summed E-state index contributed by atoms with van der Waals surface area (Å²) in [4.78, 5) is 25.0. The Morgan fingerprint density at radius 2 is 0.833 bits per heavy atom. The second-order valence-corrected chi connectivity index (χ2v) is 14.9. The van der Waals surface area contributed by atoms with Gasteiger partial charge in [-0.15, -0.1) is 0 Å². The fourth-order valence-electron chi connectivity index (χ4n) is 6.14. The second kappa shape index (κ2) is 45.0. The Hall–Kier alpha value is -2.40. The predicted molar refractivity (Wildman–Crippen MR) is 233 cm³/mol. The van der Waals surface area contributed by atoms with Crippen LogP contribution in [0.1, 0.15) is 213 Å². The molecule has 5 heteroatoms. The third-order valence-electron chi connectivity index (χ3n) is 9.54. The van der Waals surface area contributed by atoms with E-state index in [1.54, 1.807) is 0 Å². The average molecular weight is 755 g/mol. The van der Waals surface area contributed by atoms with Crippen molar-refractivity contribution in [3.63, 3.8) is 0 Å². The maximum absolute atomic E-state index is 12.5. The van der Waals surface area contributed by atoms with Gasteiger partial charge in [0.15, 0.2) is 6.10 Å². The summed E-state index contributed by atoms with van der Waals surface area (Å²) in [6.07, 6.45) is 55.3. The van der Waals surface area contributed by atoms with Crippen LogP contribution in [0.3, 0.4) is 0 Å². The van der Waals surface area contributed by atoms with E-state index in [-0.39, 0.29) is 25.2 Å². The van der Waals surface area contributed by atoms with Crippen LogP contribution >= 0.6 is 0 Å². The average Bonchev–Trinajstić information content (AvgIpc) is 3.17. The van der Waals surface area contributed by atoms with E-state index < -0.39 is 6.10 Å². The van der Waals surface area contributed by atoms with Gasteiger partial charge in [0.2, 0.25) is 0 Å². The van der Waals surface area contributed by atoms with Gasteiger partial charge in [0.25, 0.3) is 0 Å². The molecule has 0 saturated heterocycles. The molecule has 0 aliphatic rings. The van der Waals surface area contributed by atoms with Gasteiger partial charge in [-0.3, -0.25) is 9.59 Å². The first-order chi connectivity index (χ1) is 26.6. The Morgan fingerprint density at radius 3 is 1.37 bits per heavy atom. The van der Waals surface area contributed by atoms with E-state index in [0.29, 0.717) is 19.4 Å². The van der Waals surface area contributed by atoms with Crippen LogP contribution in [0.2, 0.25) is 0 Å². The van der Waals surface area contributed by atoms with Crippen molar-refractivity contribution < 1.29 is 23.8 Å². The summed E-state index contributed by atoms with van der Waals surface area (Å²) in [5, 5.41) is 0. The van der Waals surface area contributed by atoms with Crippen molar-refractivity contribution in [1.82, 2.24) is 0 Å². The molecule has 0 aromatic carbocycles. The normalized spacial score (nSPS) is 12.7. The van der Waals surface area contributed by atoms with Gasteiger partial charge in [0.1, 0.15) is 6.61 Å². The molecule has 1 unspecified atom stereocenters. The molecular formula is C49H86O5. The predicted octanol–water partition coefficient (Wildman–Crippen LogP) is 15.0. The van der Waals surface area contributed by atoms with Crippen LogP contribution in [0, 0.1) is 0 Å². The summed E-state index contributed by atoms with van der Waals surface area (Å²) in [6.45, 7) is 7.59. The fourth-order valence-corrected chi connectivity index (χ4v) is 6.14. The van der Waals surface area contributed by atoms with Gasteiger partial charge >= 0.3 is 11.9 Å². The largest absolute Gasteiger partial charge is 0.462 e. The number of carbonyl (C=O) groups is 2. The Kier molecular flexibility index (Phi) is 43.0. The molecule has 0 aliphatic heterocycles. The van der Waals surface area contributed by atoms with Crippen molar-refractivity contribution in [2.24, 2.45) is 0 Å². The number of unbranched alkanes of at least 4 members (excludes halogenated alkanes) is 20. The Labute approximate surface area is 334 Å². The molecule has 0 aromatic rings. The minimum absolute atomic E-state index is 0.0755. The lowest BCUT2D eigenvalue weighted by atomic mass is 10.1. The van der Waals surface area contributed by atoms with E-state index in [9.17, 15) is 9.59 Å². The van der Waals surface area contributed by atoms with Gasteiger partial charge in [0, 0.05) is 19.4 Å². The van der Waals surface area contributed by atoms with E-state index in [4.69, 9.17) is 14.2 Å². The summed E-state index contributed by atoms with van der Waals surface area (Å²) >= 11 is 0. The van der Waals surface area contributed by atoms with Crippen molar-refractivity contribution in [3.8, 4) is 0 Å². The minimum atomic E-state index is -0.540. The van der Waals surface area contributed by atoms with Gasteiger partial charge in [0.05, 0.1) is 6.61 Å². The Bertz CT molecular complexity index is 946. The monoisotopic (exact) mass is 755 g/mol. The van der Waals surface area contributed by atoms with E-state index in [0.717, 1.165) is 83.5 Å². The highest BCUT2D eigenvalue weighted by Gasteiger charge is 2.17. The van der Waals surface area contributed by atoms with E-state index >= 15 is 0 Å². The van der Waals surface area contributed by atoms with Crippen molar-refractivity contribution in [1.29, 1.82) is 0 Å². The number of hydrogen-bond donors (Lipinski definition) is 0. The van der Waals surface area contributed by atoms with Crippen molar-refractivity contribution in [3.05, 3.63) is 60.8 Å². The molecule has 0 amide bonds. The number of carbonyl (C=O) groups excluding carboxylic acids is 2. The molecular weight excluding hydrogens is 669 g/mol. The van der Waals surface area contributed by atoms with Crippen LogP contribution in [0.25, 0.3) is 0 Å². The molecule has 54 heavy (non-hydrogen) atoms. The van der Waals surface area contributed by atoms with E-state index in [1.165, 1.54) is 96.3 Å². The van der Waals surface area contributed by atoms with Crippen molar-refractivity contribution in [2.45, 2.75) is 219 Å². The third kappa shape index (κ3) is 42.3. The molecule has 0 rings (SSSR count). The van der Waals surface area contributed by atoms with Crippen LogP contribution in [-0.2, 0) is 23.8 Å². The van der Waals surface area contributed by atoms with Gasteiger partial charge in [-0.2, -0.15) is 0 Å². The molecule has 0 radical (unpaired) electrons. The molecule has 5 nitrogen and oxygen atoms in total. The second-order valence-electron chi connectivity index (χ2n) is 14.9. The number of allylic oxidation sites excluding steroid dienone is 10. The van der Waals surface area contributed by atoms with Gasteiger partial charge in [-0.25, -0.2) is 0 Å². The third-order valence-corrected chi connectivity index (χ3v) is 9.54. The topological polar surface area (TPSA) is 61.8 Å². The van der Waals surface area contributed by atoms with Gasteiger partial charge in [-0.1, -0.05) is 178 Å². The summed E-state index contributed by atoms with van der Waals surface area (Å²) in [5.74, 6) is -0.426. The van der Waals surface area contributed by atoms with Crippen LogP contribution in [0.4, 0.5) is 0 Å². The van der Waals surface area contributed by atoms with Crippen LogP contribution in [0.5, 0.6) is 0 Å². The Morgan fingerprint density at radius 1 is 0.426 bits per heavy atom. The summed E-state index contributed by atoms with van der Waals surface area (Å²) < 4.78 is 17.2. The molecule has 0 fully saturated rings. The zero-order valence-corrected chi connectivity index (χ0v) is 35.7. The lowest BCUT2D eigenvalue weighted by molar-refractivity contribution is -0.163. The number of esters is 2. The lowest BCUT2D eigenvalue weighted by Crippen LogP contribution is -2.30. The molecule has 312 valence electrons. The molecule has 1 atom stereocenters. The Balaban J connectivity index is 4.07. The zero-order valence-electron chi connectivity index (χ0n) is 35.7. The van der Waals surface area contributed by atoms with Crippen LogP contribution in [-0.4, -0.2) is 37.9 Å². The summed E-state index contributed by atoms with van der Waals surface area (Å²) in [5.41, 5.74) is 0. The molecule has 0 N–H and O–H groups in total. The molecule has 0 bridgehead atoms. The lowest BCUT2D eigenvalue weighted by Gasteiger charge is -2.18. The zero-order chi connectivity index (χ0) is 39.3. The first-order valence-corrected chi connectivity index (χ1v) is 22.8. The molecule has 0 aliphatic carbocycles. The summed E-state index contributed by atoms with van der Waals surface area (Å²) in [6, 6.07) is 0. The van der Waals surface area contributed by atoms with Crippen LogP contribution < -0.4 is 0 Å². The van der Waals surface area contributed by atoms with E-state index in [2.05, 4.69) is 81.5 Å². The molecule has 0 saturated carbocycles. The standard InChI is InChI=1S/C49H86O5/c1-4-7-10-13-15-17-19-21-22-23-24-25-26-27-29-31-33-35-38-41-44-52-45-47(54-49(51)43-40-36-12-9-6-3)46-53-48(50)42-39-37-34-32-30-28-20-18-16-14-11-8-5-2/h7,10,15,17-18,20-22,24-25,47H,4-6,8-9,11-14,16,19,23,26-46H2,1-3H3/b10-7-,17-15-,20-18-,22-21-,25-24-. The number of rotatable bonds is 41. The highest BCUT2D eigenvalue weighted by atomic mass is 16.6. The van der Waals surface area contributed by atoms with Crippen LogP contribution in [0.15, 0.2) is 60.8 Å². The van der Waals surface area contributed by atoms with Crippen molar-refractivity contribution >= 4 is 11.9 Å². The molecule has 0 spiro atoms. The minimum Gasteiger partial charge on any atom is -0.462 e. The van der Waals surface area contributed by atoms with Gasteiger partial charge in [-0.05, 0) is 83.5 Å². The molecule has 0 heterocycles. The van der Waals surface area contributed by atoms with E-state index in [1.807, 2.05) is 0 Å². The van der Waals surface area contributed by atoms with Crippen molar-refractivity contribution in [2.75, 3.05) is 19.8 Å². The highest BCUT2D eigenvalue weighted by molar-refractivity contribution is 5.70. The quantitative estimate of drug-likeness (QED) is 0.0353. The number of ether oxygens (including phenoxy) is 3. The smallest absolute Gasteiger partial charge is 0.306 e. The first-order valence-electron chi connectivity index (χ1n) is 22.8. The maximum Gasteiger partial charge on any atom is 0.306 e. The van der Waals surface area contributed by atoms with Gasteiger partial charge < -0.3 is 14.2 Å². The first kappa shape index (κ1) is 51.6.